The molecule has 3 heterocycles. The van der Waals surface area contributed by atoms with Gasteiger partial charge < -0.3 is 14.5 Å². The first kappa shape index (κ1) is 17.0. The maximum atomic E-state index is 12.0. The van der Waals surface area contributed by atoms with Crippen LogP contribution in [0.15, 0.2) is 12.3 Å². The summed E-state index contributed by atoms with van der Waals surface area (Å²) in [6, 6.07) is 2.19. The summed E-state index contributed by atoms with van der Waals surface area (Å²) < 4.78 is 5.19. The van der Waals surface area contributed by atoms with Crippen molar-refractivity contribution in [1.29, 1.82) is 0 Å². The van der Waals surface area contributed by atoms with Crippen molar-refractivity contribution in [3.63, 3.8) is 0 Å². The molecule has 24 heavy (non-hydrogen) atoms. The number of nitrogens with zero attached hydrogens (tertiary/aromatic N) is 4. The second kappa shape index (κ2) is 7.81. The third-order valence-electron chi connectivity index (χ3n) is 5.40. The van der Waals surface area contributed by atoms with Gasteiger partial charge in [0, 0.05) is 44.9 Å². The van der Waals surface area contributed by atoms with E-state index in [9.17, 15) is 4.79 Å². The van der Waals surface area contributed by atoms with E-state index >= 15 is 0 Å². The molecule has 0 aliphatic carbocycles. The highest BCUT2D eigenvalue weighted by molar-refractivity contribution is 5.73. The number of likely N-dealkylation sites (tertiary alicyclic amines) is 1. The maximum absolute atomic E-state index is 12.0. The molecule has 0 N–H and O–H groups in total. The second-order valence-corrected chi connectivity index (χ2v) is 6.85. The minimum Gasteiger partial charge on any atom is -0.481 e. The number of rotatable bonds is 3. The molecule has 132 valence electrons. The van der Waals surface area contributed by atoms with Gasteiger partial charge in [-0.2, -0.15) is 4.98 Å². The van der Waals surface area contributed by atoms with E-state index in [1.165, 1.54) is 12.8 Å². The first-order valence-corrected chi connectivity index (χ1v) is 9.08. The van der Waals surface area contributed by atoms with Gasteiger partial charge in [-0.05, 0) is 31.6 Å². The quantitative estimate of drug-likeness (QED) is 0.851. The monoisotopic (exact) mass is 332 g/mol. The number of hydrogen-bond acceptors (Lipinski definition) is 5. The van der Waals surface area contributed by atoms with Crippen molar-refractivity contribution in [3.8, 4) is 5.88 Å². The summed E-state index contributed by atoms with van der Waals surface area (Å²) in [6.07, 6.45) is 8.72. The molecule has 1 amide bonds. The summed E-state index contributed by atoms with van der Waals surface area (Å²) in [6.45, 7) is 4.54. The van der Waals surface area contributed by atoms with Crippen LogP contribution in [0.5, 0.6) is 5.88 Å². The summed E-state index contributed by atoms with van der Waals surface area (Å²) in [5.41, 5.74) is 0. The Morgan fingerprint density at radius 3 is 2.67 bits per heavy atom. The topological polar surface area (TPSA) is 58.6 Å². The van der Waals surface area contributed by atoms with Crippen LogP contribution in [0.25, 0.3) is 0 Å². The molecular weight excluding hydrogens is 304 g/mol. The number of hydrogen-bond donors (Lipinski definition) is 0. The molecule has 0 aromatic carbocycles. The van der Waals surface area contributed by atoms with Crippen molar-refractivity contribution in [2.75, 3.05) is 31.6 Å². The molecule has 2 aliphatic rings. The van der Waals surface area contributed by atoms with Crippen LogP contribution in [-0.4, -0.2) is 53.6 Å². The number of carbonyl (C=O) groups excluding carboxylic acids is 1. The van der Waals surface area contributed by atoms with Gasteiger partial charge in [0.15, 0.2) is 0 Å². The van der Waals surface area contributed by atoms with E-state index in [4.69, 9.17) is 4.74 Å². The summed E-state index contributed by atoms with van der Waals surface area (Å²) in [5.74, 6) is 2.18. The van der Waals surface area contributed by atoms with Crippen molar-refractivity contribution in [2.45, 2.75) is 51.5 Å². The van der Waals surface area contributed by atoms with Crippen molar-refractivity contribution < 1.29 is 9.53 Å². The average molecular weight is 332 g/mol. The van der Waals surface area contributed by atoms with Crippen LogP contribution < -0.4 is 9.64 Å². The highest BCUT2D eigenvalue weighted by atomic mass is 16.5. The first-order valence-electron chi connectivity index (χ1n) is 9.08. The van der Waals surface area contributed by atoms with E-state index in [-0.39, 0.29) is 5.91 Å². The van der Waals surface area contributed by atoms with Gasteiger partial charge >= 0.3 is 0 Å². The van der Waals surface area contributed by atoms with Gasteiger partial charge in [0.25, 0.3) is 0 Å². The van der Waals surface area contributed by atoms with Crippen LogP contribution in [0.2, 0.25) is 0 Å². The van der Waals surface area contributed by atoms with Gasteiger partial charge in [0.2, 0.25) is 17.7 Å². The summed E-state index contributed by atoms with van der Waals surface area (Å²) >= 11 is 0. The van der Waals surface area contributed by atoms with Gasteiger partial charge in [-0.3, -0.25) is 4.79 Å². The lowest BCUT2D eigenvalue weighted by molar-refractivity contribution is -0.132. The molecule has 2 saturated heterocycles. The van der Waals surface area contributed by atoms with Gasteiger partial charge in [-0.15, -0.1) is 0 Å². The molecule has 1 aromatic rings. The highest BCUT2D eigenvalue weighted by Crippen LogP contribution is 2.31. The molecule has 1 aromatic heterocycles. The standard InChI is InChI=1S/C18H28N4O2/c1-14(23)22-11-5-3-4-6-16(22)15-8-12-21(13-9-15)18-19-10-7-17(20-18)24-2/h7,10,15-16H,3-6,8-9,11-13H2,1-2H3/t16-/m0/s1. The van der Waals surface area contributed by atoms with E-state index in [0.717, 1.165) is 51.3 Å². The van der Waals surface area contributed by atoms with Crippen LogP contribution >= 0.6 is 0 Å². The van der Waals surface area contributed by atoms with E-state index in [0.29, 0.717) is 17.8 Å². The lowest BCUT2D eigenvalue weighted by Gasteiger charge is -2.40. The zero-order valence-corrected chi connectivity index (χ0v) is 14.8. The molecule has 6 nitrogen and oxygen atoms in total. The molecule has 0 unspecified atom stereocenters. The predicted octanol–water partition coefficient (Wildman–Crippen LogP) is 2.49. The van der Waals surface area contributed by atoms with Crippen molar-refractivity contribution >= 4 is 11.9 Å². The van der Waals surface area contributed by atoms with E-state index in [1.54, 1.807) is 26.3 Å². The average Bonchev–Trinajstić information content (AvgIpc) is 2.88. The molecule has 0 spiro atoms. The molecule has 0 bridgehead atoms. The zero-order chi connectivity index (χ0) is 16.9. The van der Waals surface area contributed by atoms with Crippen LogP contribution in [0.1, 0.15) is 45.4 Å². The largest absolute Gasteiger partial charge is 0.481 e. The van der Waals surface area contributed by atoms with E-state index < -0.39 is 0 Å². The highest BCUT2D eigenvalue weighted by Gasteiger charge is 2.33. The molecule has 2 fully saturated rings. The Labute approximate surface area is 144 Å². The summed E-state index contributed by atoms with van der Waals surface area (Å²) in [5, 5.41) is 0. The van der Waals surface area contributed by atoms with E-state index in [1.807, 2.05) is 0 Å². The Kier molecular flexibility index (Phi) is 5.53. The van der Waals surface area contributed by atoms with Gasteiger partial charge in [-0.25, -0.2) is 4.98 Å². The number of carbonyl (C=O) groups is 1. The van der Waals surface area contributed by atoms with Gasteiger partial charge in [-0.1, -0.05) is 12.8 Å². The molecule has 0 saturated carbocycles. The van der Waals surface area contributed by atoms with Crippen molar-refractivity contribution in [1.82, 2.24) is 14.9 Å². The molecule has 6 heteroatoms. The Bertz CT molecular complexity index is 558. The maximum Gasteiger partial charge on any atom is 0.228 e. The Balaban J connectivity index is 1.64. The fourth-order valence-electron chi connectivity index (χ4n) is 4.10. The SMILES string of the molecule is COc1ccnc(N2CCC([C@@H]3CCCCCN3C(C)=O)CC2)n1. The summed E-state index contributed by atoms with van der Waals surface area (Å²) in [4.78, 5) is 25.2. The fourth-order valence-corrected chi connectivity index (χ4v) is 4.10. The van der Waals surface area contributed by atoms with Crippen LogP contribution in [0.3, 0.4) is 0 Å². The number of ether oxygens (including phenoxy) is 1. The van der Waals surface area contributed by atoms with Crippen LogP contribution in [0, 0.1) is 5.92 Å². The lowest BCUT2D eigenvalue weighted by atomic mass is 9.86. The summed E-state index contributed by atoms with van der Waals surface area (Å²) in [7, 11) is 1.63. The first-order chi connectivity index (χ1) is 11.7. The molecule has 2 aliphatic heterocycles. The van der Waals surface area contributed by atoms with Gasteiger partial charge in [0.05, 0.1) is 7.11 Å². The third-order valence-corrected chi connectivity index (χ3v) is 5.40. The van der Waals surface area contributed by atoms with E-state index in [2.05, 4.69) is 19.8 Å². The predicted molar refractivity (Wildman–Crippen MR) is 93.2 cm³/mol. The van der Waals surface area contributed by atoms with Crippen molar-refractivity contribution in [2.24, 2.45) is 5.92 Å². The van der Waals surface area contributed by atoms with Crippen LogP contribution in [0.4, 0.5) is 5.95 Å². The van der Waals surface area contributed by atoms with Gasteiger partial charge in [0.1, 0.15) is 0 Å². The molecule has 0 radical (unpaired) electrons. The molecule has 3 rings (SSSR count). The number of amides is 1. The second-order valence-electron chi connectivity index (χ2n) is 6.85. The normalized spacial score (nSPS) is 23.0. The number of piperidine rings is 1. The minimum absolute atomic E-state index is 0.237. The Morgan fingerprint density at radius 1 is 1.17 bits per heavy atom. The number of methoxy groups -OCH3 is 1. The zero-order valence-electron chi connectivity index (χ0n) is 14.8. The number of anilines is 1. The molecular formula is C18H28N4O2. The minimum atomic E-state index is 0.237. The van der Waals surface area contributed by atoms with Crippen molar-refractivity contribution in [3.05, 3.63) is 12.3 Å². The molecule has 1 atom stereocenters. The Hall–Kier alpha value is -1.85. The smallest absolute Gasteiger partial charge is 0.228 e. The number of aromatic nitrogens is 2. The lowest BCUT2D eigenvalue weighted by Crippen LogP contribution is -2.47. The Morgan fingerprint density at radius 2 is 1.96 bits per heavy atom. The third kappa shape index (κ3) is 3.79. The fraction of sp³-hybridized carbons (Fsp3) is 0.722. The van der Waals surface area contributed by atoms with Crippen LogP contribution in [-0.2, 0) is 4.79 Å².